The van der Waals surface area contributed by atoms with Crippen molar-refractivity contribution in [2.45, 2.75) is 16.7 Å². The van der Waals surface area contributed by atoms with E-state index in [0.29, 0.717) is 27.7 Å². The number of aryl methyl sites for hydroxylation is 1. The van der Waals surface area contributed by atoms with Crippen LogP contribution in [0.2, 0.25) is 5.02 Å². The molecule has 2 N–H and O–H groups in total. The van der Waals surface area contributed by atoms with Crippen molar-refractivity contribution in [2.24, 2.45) is 5.10 Å². The molecular formula is C31H29ClN4O5S2. The minimum atomic E-state index is -4.04. The van der Waals surface area contributed by atoms with Crippen LogP contribution in [0.5, 0.6) is 5.75 Å². The zero-order valence-corrected chi connectivity index (χ0v) is 25.7. The first kappa shape index (κ1) is 31.6. The maximum absolute atomic E-state index is 13.5. The Morgan fingerprint density at radius 2 is 1.60 bits per heavy atom. The standard InChI is InChI=1S/C31H29ClN4O5S2/c1-22-7-11-24(12-8-22)36(43(39,40)27-17-15-26(42-2)16-18-27)20-30(37)35-33-19-23-9-13-25(14-10-23)41-21-31(38)34-29-6-4-3-5-28(29)32/h3-19H,20-21H2,1-2H3,(H,34,38)(H,35,37)/b33-19-. The Labute approximate surface area is 260 Å². The fourth-order valence-electron chi connectivity index (χ4n) is 3.79. The molecule has 0 aliphatic carbocycles. The summed E-state index contributed by atoms with van der Waals surface area (Å²) in [6, 6.07) is 27.0. The summed E-state index contributed by atoms with van der Waals surface area (Å²) in [5, 5.41) is 7.08. The van der Waals surface area contributed by atoms with E-state index in [1.807, 2.05) is 13.2 Å². The van der Waals surface area contributed by atoms with Crippen molar-refractivity contribution in [3.63, 3.8) is 0 Å². The number of hydrogen-bond donors (Lipinski definition) is 2. The lowest BCUT2D eigenvalue weighted by Crippen LogP contribution is -2.39. The van der Waals surface area contributed by atoms with E-state index < -0.39 is 22.5 Å². The van der Waals surface area contributed by atoms with Crippen LogP contribution in [0.4, 0.5) is 11.4 Å². The van der Waals surface area contributed by atoms with E-state index in [2.05, 4.69) is 15.8 Å². The Morgan fingerprint density at radius 1 is 0.930 bits per heavy atom. The topological polar surface area (TPSA) is 117 Å². The van der Waals surface area contributed by atoms with Crippen molar-refractivity contribution >= 4 is 62.8 Å². The van der Waals surface area contributed by atoms with E-state index in [1.165, 1.54) is 30.1 Å². The summed E-state index contributed by atoms with van der Waals surface area (Å²) in [7, 11) is -4.04. The summed E-state index contributed by atoms with van der Waals surface area (Å²) in [5.41, 5.74) is 4.84. The summed E-state index contributed by atoms with van der Waals surface area (Å²) in [6.45, 7) is 1.20. The Kier molecular flexibility index (Phi) is 10.8. The highest BCUT2D eigenvalue weighted by Gasteiger charge is 2.27. The van der Waals surface area contributed by atoms with Crippen LogP contribution >= 0.6 is 23.4 Å². The fourth-order valence-corrected chi connectivity index (χ4v) is 5.81. The molecule has 0 atom stereocenters. The Hall–Kier alpha value is -4.32. The van der Waals surface area contributed by atoms with Crippen LogP contribution in [0.3, 0.4) is 0 Å². The molecule has 0 heterocycles. The van der Waals surface area contributed by atoms with Crippen LogP contribution < -0.4 is 19.8 Å². The molecule has 0 aliphatic heterocycles. The van der Waals surface area contributed by atoms with Crippen molar-refractivity contribution in [3.05, 3.63) is 113 Å². The Bertz CT molecular complexity index is 1700. The molecule has 12 heteroatoms. The molecule has 0 aromatic heterocycles. The SMILES string of the molecule is CSc1ccc(S(=O)(=O)N(CC(=O)N/N=C\c2ccc(OCC(=O)Nc3ccccc3Cl)cc2)c2ccc(C)cc2)cc1. The van der Waals surface area contributed by atoms with Gasteiger partial charge in [-0.3, -0.25) is 13.9 Å². The summed E-state index contributed by atoms with van der Waals surface area (Å²) in [6.07, 6.45) is 3.32. The number of benzene rings is 4. The minimum absolute atomic E-state index is 0.0748. The minimum Gasteiger partial charge on any atom is -0.484 e. The summed E-state index contributed by atoms with van der Waals surface area (Å²) >= 11 is 7.55. The average Bonchev–Trinajstić information content (AvgIpc) is 3.01. The largest absolute Gasteiger partial charge is 0.484 e. The number of para-hydroxylation sites is 1. The highest BCUT2D eigenvalue weighted by molar-refractivity contribution is 7.98. The van der Waals surface area contributed by atoms with Gasteiger partial charge in [-0.1, -0.05) is 41.4 Å². The number of nitrogens with one attached hydrogen (secondary N) is 2. The zero-order valence-electron chi connectivity index (χ0n) is 23.4. The third-order valence-electron chi connectivity index (χ3n) is 6.06. The molecule has 2 amide bonds. The fraction of sp³-hybridized carbons (Fsp3) is 0.129. The van der Waals surface area contributed by atoms with E-state index in [-0.39, 0.29) is 17.4 Å². The normalized spacial score (nSPS) is 11.2. The maximum Gasteiger partial charge on any atom is 0.264 e. The number of hydrazone groups is 1. The monoisotopic (exact) mass is 636 g/mol. The number of rotatable bonds is 12. The van der Waals surface area contributed by atoms with E-state index in [9.17, 15) is 18.0 Å². The van der Waals surface area contributed by atoms with Gasteiger partial charge in [-0.15, -0.1) is 11.8 Å². The number of carbonyl (C=O) groups excluding carboxylic acids is 2. The molecule has 9 nitrogen and oxygen atoms in total. The van der Waals surface area contributed by atoms with Crippen LogP contribution in [0.25, 0.3) is 0 Å². The van der Waals surface area contributed by atoms with E-state index >= 15 is 0 Å². The molecule has 0 spiro atoms. The van der Waals surface area contributed by atoms with Crippen LogP contribution in [0.15, 0.2) is 112 Å². The van der Waals surface area contributed by atoms with Gasteiger partial charge >= 0.3 is 0 Å². The number of anilines is 2. The highest BCUT2D eigenvalue weighted by Crippen LogP contribution is 2.26. The van der Waals surface area contributed by atoms with Gasteiger partial charge in [0.25, 0.3) is 21.8 Å². The number of halogens is 1. The zero-order chi connectivity index (χ0) is 30.8. The molecule has 0 fully saturated rings. The number of ether oxygens (including phenoxy) is 1. The predicted molar refractivity (Wildman–Crippen MR) is 172 cm³/mol. The first-order valence-electron chi connectivity index (χ1n) is 13.0. The van der Waals surface area contributed by atoms with Gasteiger partial charge < -0.3 is 10.1 Å². The number of thioether (sulfide) groups is 1. The molecule has 222 valence electrons. The van der Waals surface area contributed by atoms with Gasteiger partial charge in [0.05, 0.1) is 27.5 Å². The van der Waals surface area contributed by atoms with Crippen LogP contribution in [-0.4, -0.2) is 45.9 Å². The average molecular weight is 637 g/mol. The molecule has 4 aromatic carbocycles. The van der Waals surface area contributed by atoms with E-state index in [4.69, 9.17) is 16.3 Å². The van der Waals surface area contributed by atoms with Gasteiger partial charge in [-0.2, -0.15) is 5.10 Å². The lowest BCUT2D eigenvalue weighted by atomic mass is 10.2. The number of hydrogen-bond acceptors (Lipinski definition) is 7. The Balaban J connectivity index is 1.36. The van der Waals surface area contributed by atoms with Gasteiger partial charge in [0.2, 0.25) is 0 Å². The van der Waals surface area contributed by atoms with Gasteiger partial charge in [0, 0.05) is 4.90 Å². The van der Waals surface area contributed by atoms with Crippen molar-refractivity contribution < 1.29 is 22.7 Å². The molecule has 0 radical (unpaired) electrons. The first-order valence-corrected chi connectivity index (χ1v) is 16.0. The van der Waals surface area contributed by atoms with E-state index in [0.717, 1.165) is 14.8 Å². The molecule has 43 heavy (non-hydrogen) atoms. The summed E-state index contributed by atoms with van der Waals surface area (Å²) in [5.74, 6) is -0.522. The number of carbonyl (C=O) groups is 2. The Morgan fingerprint density at radius 3 is 2.26 bits per heavy atom. The van der Waals surface area contributed by atoms with Crippen molar-refractivity contribution in [1.82, 2.24) is 5.43 Å². The lowest BCUT2D eigenvalue weighted by Gasteiger charge is -2.24. The molecule has 0 unspecified atom stereocenters. The molecule has 0 saturated carbocycles. The second-order valence-electron chi connectivity index (χ2n) is 9.20. The second kappa shape index (κ2) is 14.7. The smallest absolute Gasteiger partial charge is 0.264 e. The van der Waals surface area contributed by atoms with Gasteiger partial charge in [-0.05, 0) is 91.5 Å². The highest BCUT2D eigenvalue weighted by atomic mass is 35.5. The van der Waals surface area contributed by atoms with Gasteiger partial charge in [-0.25, -0.2) is 13.8 Å². The third kappa shape index (κ3) is 8.84. The third-order valence-corrected chi connectivity index (χ3v) is 8.92. The summed E-state index contributed by atoms with van der Waals surface area (Å²) in [4.78, 5) is 26.0. The molecule has 4 aromatic rings. The second-order valence-corrected chi connectivity index (χ2v) is 12.4. The molecule has 4 rings (SSSR count). The summed E-state index contributed by atoms with van der Waals surface area (Å²) < 4.78 is 33.7. The van der Waals surface area contributed by atoms with Crippen molar-refractivity contribution in [2.75, 3.05) is 29.0 Å². The number of sulfonamides is 1. The van der Waals surface area contributed by atoms with Crippen molar-refractivity contribution in [3.8, 4) is 5.75 Å². The lowest BCUT2D eigenvalue weighted by molar-refractivity contribution is -0.119. The van der Waals surface area contributed by atoms with E-state index in [1.54, 1.807) is 84.9 Å². The predicted octanol–water partition coefficient (Wildman–Crippen LogP) is 5.73. The van der Waals surface area contributed by atoms with Crippen molar-refractivity contribution in [1.29, 1.82) is 0 Å². The molecule has 0 aliphatic rings. The van der Waals surface area contributed by atoms with Gasteiger partial charge in [0.15, 0.2) is 6.61 Å². The van der Waals surface area contributed by atoms with Crippen LogP contribution in [0.1, 0.15) is 11.1 Å². The number of nitrogens with zero attached hydrogens (tertiary/aromatic N) is 2. The van der Waals surface area contributed by atoms with Gasteiger partial charge in [0.1, 0.15) is 12.3 Å². The molecule has 0 bridgehead atoms. The molecular weight excluding hydrogens is 608 g/mol. The van der Waals surface area contributed by atoms with Crippen LogP contribution in [0, 0.1) is 6.92 Å². The van der Waals surface area contributed by atoms with Crippen LogP contribution in [-0.2, 0) is 19.6 Å². The first-order chi connectivity index (χ1) is 20.7. The number of amides is 2. The maximum atomic E-state index is 13.5. The quantitative estimate of drug-likeness (QED) is 0.116. The molecule has 0 saturated heterocycles.